The summed E-state index contributed by atoms with van der Waals surface area (Å²) in [5.74, 6) is 0.540. The van der Waals surface area contributed by atoms with Crippen LogP contribution in [-0.4, -0.2) is 50.5 Å². The van der Waals surface area contributed by atoms with Crippen molar-refractivity contribution in [2.45, 2.75) is 32.7 Å². The minimum absolute atomic E-state index is 0.00953. The Bertz CT molecular complexity index is 861. The fourth-order valence-electron chi connectivity index (χ4n) is 2.66. The van der Waals surface area contributed by atoms with Gasteiger partial charge >= 0.3 is 0 Å². The third kappa shape index (κ3) is 6.33. The van der Waals surface area contributed by atoms with Crippen molar-refractivity contribution in [1.29, 1.82) is 0 Å². The van der Waals surface area contributed by atoms with Crippen molar-refractivity contribution in [2.75, 3.05) is 25.1 Å². The van der Waals surface area contributed by atoms with Crippen LogP contribution in [0, 0.1) is 5.82 Å². The molecule has 0 fully saturated rings. The topological polar surface area (TPSA) is 86.3 Å². The summed E-state index contributed by atoms with van der Waals surface area (Å²) in [6, 6.07) is 4.68. The largest absolute Gasteiger partial charge is 0.361 e. The molecule has 144 valence electrons. The van der Waals surface area contributed by atoms with Crippen LogP contribution in [0.2, 0.25) is 0 Å². The van der Waals surface area contributed by atoms with Gasteiger partial charge in [-0.3, -0.25) is 4.99 Å². The Morgan fingerprint density at radius 1 is 1.38 bits per heavy atom. The van der Waals surface area contributed by atoms with E-state index in [2.05, 4.69) is 20.6 Å². The van der Waals surface area contributed by atoms with E-state index in [0.29, 0.717) is 31.9 Å². The molecule has 0 bridgehead atoms. The SMILES string of the molecule is CCNC(=NCCc1c[nH]c2ccc(F)cc12)NC(C)CCS(C)(=O)=O. The number of sulfone groups is 1. The molecule has 0 aliphatic carbocycles. The molecule has 3 N–H and O–H groups in total. The van der Waals surface area contributed by atoms with Crippen LogP contribution in [0.25, 0.3) is 10.9 Å². The Morgan fingerprint density at radius 3 is 2.85 bits per heavy atom. The summed E-state index contributed by atoms with van der Waals surface area (Å²) >= 11 is 0. The van der Waals surface area contributed by atoms with Crippen LogP contribution in [0.3, 0.4) is 0 Å². The van der Waals surface area contributed by atoms with Gasteiger partial charge < -0.3 is 15.6 Å². The molecule has 1 atom stereocenters. The van der Waals surface area contributed by atoms with E-state index in [9.17, 15) is 12.8 Å². The molecule has 0 spiro atoms. The lowest BCUT2D eigenvalue weighted by molar-refractivity contribution is 0.581. The number of nitrogens with one attached hydrogen (secondary N) is 3. The average molecular weight is 383 g/mol. The molecule has 1 heterocycles. The number of hydrogen-bond acceptors (Lipinski definition) is 3. The quantitative estimate of drug-likeness (QED) is 0.483. The number of benzene rings is 1. The van der Waals surface area contributed by atoms with Crippen molar-refractivity contribution >= 4 is 26.7 Å². The first-order valence-corrected chi connectivity index (χ1v) is 10.8. The first kappa shape index (κ1) is 20.2. The predicted octanol–water partition coefficient (Wildman–Crippen LogP) is 2.23. The van der Waals surface area contributed by atoms with Crippen molar-refractivity contribution in [2.24, 2.45) is 4.99 Å². The maximum absolute atomic E-state index is 13.4. The van der Waals surface area contributed by atoms with E-state index in [1.165, 1.54) is 18.4 Å². The molecule has 8 heteroatoms. The Labute approximate surface area is 154 Å². The number of aromatic nitrogens is 1. The standard InChI is InChI=1S/C18H27FN4O2S/c1-4-20-18(23-13(2)8-10-26(3,24)25)21-9-7-14-12-22-17-6-5-15(19)11-16(14)17/h5-6,11-13,22H,4,7-10H2,1-3H3,(H2,20,21,23). The number of rotatable bonds is 8. The van der Waals surface area contributed by atoms with Gasteiger partial charge in [0.25, 0.3) is 0 Å². The van der Waals surface area contributed by atoms with Gasteiger partial charge in [-0.1, -0.05) is 0 Å². The number of aromatic amines is 1. The highest BCUT2D eigenvalue weighted by atomic mass is 32.2. The van der Waals surface area contributed by atoms with Crippen LogP contribution >= 0.6 is 0 Å². The lowest BCUT2D eigenvalue weighted by Gasteiger charge is -2.17. The maximum atomic E-state index is 13.4. The molecule has 1 aromatic heterocycles. The molecule has 0 aliphatic rings. The van der Waals surface area contributed by atoms with Crippen LogP contribution in [0.5, 0.6) is 0 Å². The molecular weight excluding hydrogens is 355 g/mol. The molecule has 0 radical (unpaired) electrons. The van der Waals surface area contributed by atoms with Crippen molar-refractivity contribution in [3.05, 3.63) is 35.8 Å². The molecule has 0 saturated carbocycles. The van der Waals surface area contributed by atoms with Gasteiger partial charge in [-0.05, 0) is 50.5 Å². The zero-order valence-electron chi connectivity index (χ0n) is 15.5. The molecule has 0 saturated heterocycles. The summed E-state index contributed by atoms with van der Waals surface area (Å²) in [6.07, 6.45) is 4.32. The summed E-state index contributed by atoms with van der Waals surface area (Å²) in [5, 5.41) is 7.26. The lowest BCUT2D eigenvalue weighted by Crippen LogP contribution is -2.43. The third-order valence-electron chi connectivity index (χ3n) is 4.03. The number of aliphatic imine (C=N–C) groups is 1. The average Bonchev–Trinajstić information content (AvgIpc) is 2.95. The van der Waals surface area contributed by atoms with Gasteiger partial charge in [-0.2, -0.15) is 0 Å². The summed E-state index contributed by atoms with van der Waals surface area (Å²) in [4.78, 5) is 7.68. The van der Waals surface area contributed by atoms with E-state index in [0.717, 1.165) is 16.5 Å². The lowest BCUT2D eigenvalue weighted by atomic mass is 10.1. The van der Waals surface area contributed by atoms with Crippen molar-refractivity contribution in [3.8, 4) is 0 Å². The molecule has 2 aromatic rings. The minimum Gasteiger partial charge on any atom is -0.361 e. The van der Waals surface area contributed by atoms with E-state index in [1.54, 1.807) is 6.07 Å². The number of guanidine groups is 1. The van der Waals surface area contributed by atoms with Crippen molar-refractivity contribution in [3.63, 3.8) is 0 Å². The van der Waals surface area contributed by atoms with Crippen LogP contribution in [-0.2, 0) is 16.3 Å². The van der Waals surface area contributed by atoms with Gasteiger partial charge in [0.05, 0.1) is 5.75 Å². The van der Waals surface area contributed by atoms with E-state index >= 15 is 0 Å². The van der Waals surface area contributed by atoms with E-state index in [-0.39, 0.29) is 17.6 Å². The number of hydrogen-bond donors (Lipinski definition) is 3. The van der Waals surface area contributed by atoms with Gasteiger partial charge in [-0.25, -0.2) is 12.8 Å². The highest BCUT2D eigenvalue weighted by Crippen LogP contribution is 2.19. The first-order valence-electron chi connectivity index (χ1n) is 8.76. The Morgan fingerprint density at radius 2 is 2.15 bits per heavy atom. The Balaban J connectivity index is 1.96. The fourth-order valence-corrected chi connectivity index (χ4v) is 3.44. The van der Waals surface area contributed by atoms with Gasteiger partial charge in [0.15, 0.2) is 5.96 Å². The summed E-state index contributed by atoms with van der Waals surface area (Å²) in [7, 11) is -2.97. The number of halogens is 1. The van der Waals surface area contributed by atoms with Gasteiger partial charge in [0.2, 0.25) is 0 Å². The number of H-pyrrole nitrogens is 1. The first-order chi connectivity index (χ1) is 12.3. The zero-order chi connectivity index (χ0) is 19.2. The van der Waals surface area contributed by atoms with Gasteiger partial charge in [-0.15, -0.1) is 0 Å². The zero-order valence-corrected chi connectivity index (χ0v) is 16.3. The van der Waals surface area contributed by atoms with E-state index in [1.807, 2.05) is 20.0 Å². The van der Waals surface area contributed by atoms with Crippen molar-refractivity contribution in [1.82, 2.24) is 15.6 Å². The maximum Gasteiger partial charge on any atom is 0.191 e. The number of nitrogens with zero attached hydrogens (tertiary/aromatic N) is 1. The van der Waals surface area contributed by atoms with Gasteiger partial charge in [0, 0.05) is 42.5 Å². The van der Waals surface area contributed by atoms with Crippen LogP contribution in [0.15, 0.2) is 29.4 Å². The Hall–Kier alpha value is -2.09. The van der Waals surface area contributed by atoms with Gasteiger partial charge in [0.1, 0.15) is 15.7 Å². The van der Waals surface area contributed by atoms with E-state index in [4.69, 9.17) is 0 Å². The Kier molecular flexibility index (Phi) is 7.02. The highest BCUT2D eigenvalue weighted by Gasteiger charge is 2.10. The third-order valence-corrected chi connectivity index (χ3v) is 5.01. The van der Waals surface area contributed by atoms with Crippen LogP contribution < -0.4 is 10.6 Å². The second-order valence-corrected chi connectivity index (χ2v) is 8.74. The van der Waals surface area contributed by atoms with Crippen molar-refractivity contribution < 1.29 is 12.8 Å². The molecule has 2 rings (SSSR count). The molecule has 6 nitrogen and oxygen atoms in total. The second-order valence-electron chi connectivity index (χ2n) is 6.48. The molecule has 1 aromatic carbocycles. The molecule has 0 aliphatic heterocycles. The summed E-state index contributed by atoms with van der Waals surface area (Å²) in [5.41, 5.74) is 1.93. The second kappa shape index (κ2) is 9.02. The summed E-state index contributed by atoms with van der Waals surface area (Å²) < 4.78 is 36.0. The monoisotopic (exact) mass is 382 g/mol. The van der Waals surface area contributed by atoms with Crippen LogP contribution in [0.1, 0.15) is 25.8 Å². The molecular formula is C18H27FN4O2S. The van der Waals surface area contributed by atoms with E-state index < -0.39 is 9.84 Å². The fraction of sp³-hybridized carbons (Fsp3) is 0.500. The summed E-state index contributed by atoms with van der Waals surface area (Å²) in [6.45, 7) is 5.15. The minimum atomic E-state index is -2.97. The van der Waals surface area contributed by atoms with Crippen LogP contribution in [0.4, 0.5) is 4.39 Å². The molecule has 26 heavy (non-hydrogen) atoms. The number of fused-ring (bicyclic) bond motifs is 1. The molecule has 0 amide bonds. The predicted molar refractivity (Wildman–Crippen MR) is 105 cm³/mol. The molecule has 1 unspecified atom stereocenters. The smallest absolute Gasteiger partial charge is 0.191 e. The normalized spacial score (nSPS) is 13.8. The highest BCUT2D eigenvalue weighted by molar-refractivity contribution is 7.90.